The van der Waals surface area contributed by atoms with Crippen LogP contribution in [0.2, 0.25) is 0 Å². The summed E-state index contributed by atoms with van der Waals surface area (Å²) in [6.45, 7) is 0. The molecular formula is C13H11F3N4O2. The molecule has 2 aromatic rings. The molecule has 2 rings (SSSR count). The number of aromatic nitrogens is 2. The molecule has 0 aliphatic heterocycles. The van der Waals surface area contributed by atoms with Crippen molar-refractivity contribution < 1.29 is 22.7 Å². The monoisotopic (exact) mass is 312 g/mol. The van der Waals surface area contributed by atoms with Gasteiger partial charge in [0.1, 0.15) is 0 Å². The summed E-state index contributed by atoms with van der Waals surface area (Å²) < 4.78 is 43.0. The third-order valence-electron chi connectivity index (χ3n) is 2.58. The quantitative estimate of drug-likeness (QED) is 0.908. The molecule has 0 bridgehead atoms. The van der Waals surface area contributed by atoms with Crippen LogP contribution in [-0.4, -0.2) is 23.4 Å². The number of ether oxygens (including phenoxy) is 1. The van der Waals surface area contributed by atoms with Crippen LogP contribution in [0.4, 0.5) is 35.3 Å². The SMILES string of the molecule is COC(=O)Nc1ccc(Nc2ccccc2C(F)(F)F)nn1. The Morgan fingerprint density at radius 3 is 2.32 bits per heavy atom. The second-order valence-corrected chi connectivity index (χ2v) is 4.09. The molecule has 2 N–H and O–H groups in total. The van der Waals surface area contributed by atoms with E-state index in [1.54, 1.807) is 0 Å². The van der Waals surface area contributed by atoms with Crippen LogP contribution in [0.5, 0.6) is 0 Å². The number of carbonyl (C=O) groups excluding carboxylic acids is 1. The highest BCUT2D eigenvalue weighted by Crippen LogP contribution is 2.35. The molecule has 1 heterocycles. The molecule has 0 aliphatic carbocycles. The Labute approximate surface area is 123 Å². The Balaban J connectivity index is 2.17. The lowest BCUT2D eigenvalue weighted by Gasteiger charge is -2.13. The fraction of sp³-hybridized carbons (Fsp3) is 0.154. The summed E-state index contributed by atoms with van der Waals surface area (Å²) in [5.41, 5.74) is -0.952. The molecule has 22 heavy (non-hydrogen) atoms. The first-order valence-electron chi connectivity index (χ1n) is 6.02. The highest BCUT2D eigenvalue weighted by Gasteiger charge is 2.33. The predicted octanol–water partition coefficient (Wildman–Crippen LogP) is 3.42. The Morgan fingerprint density at radius 1 is 1.09 bits per heavy atom. The number of hydrogen-bond donors (Lipinski definition) is 2. The molecule has 6 nitrogen and oxygen atoms in total. The number of rotatable bonds is 3. The van der Waals surface area contributed by atoms with E-state index in [1.165, 1.54) is 37.4 Å². The number of para-hydroxylation sites is 1. The van der Waals surface area contributed by atoms with Gasteiger partial charge in [-0.2, -0.15) is 13.2 Å². The van der Waals surface area contributed by atoms with Crippen molar-refractivity contribution in [3.63, 3.8) is 0 Å². The van der Waals surface area contributed by atoms with Crippen molar-refractivity contribution in [2.45, 2.75) is 6.18 Å². The summed E-state index contributed by atoms with van der Waals surface area (Å²) in [6.07, 6.45) is -5.21. The molecule has 0 spiro atoms. The number of methoxy groups -OCH3 is 1. The largest absolute Gasteiger partial charge is 0.453 e. The van der Waals surface area contributed by atoms with Gasteiger partial charge < -0.3 is 10.1 Å². The molecule has 1 amide bonds. The van der Waals surface area contributed by atoms with Gasteiger partial charge in [-0.3, -0.25) is 5.32 Å². The maximum atomic E-state index is 12.9. The average Bonchev–Trinajstić information content (AvgIpc) is 2.48. The minimum atomic E-state index is -4.48. The number of amides is 1. The minimum absolute atomic E-state index is 0.104. The Kier molecular flexibility index (Phi) is 4.44. The summed E-state index contributed by atoms with van der Waals surface area (Å²) in [5, 5.41) is 12.1. The molecule has 0 unspecified atom stereocenters. The van der Waals surface area contributed by atoms with E-state index >= 15 is 0 Å². The summed E-state index contributed by atoms with van der Waals surface area (Å²) in [4.78, 5) is 11.0. The van der Waals surface area contributed by atoms with Gasteiger partial charge in [0.25, 0.3) is 0 Å². The van der Waals surface area contributed by atoms with E-state index in [9.17, 15) is 18.0 Å². The molecule has 1 aromatic carbocycles. The molecule has 1 aromatic heterocycles. The Hall–Kier alpha value is -2.84. The number of benzene rings is 1. The standard InChI is InChI=1S/C13H11F3N4O2/c1-22-12(21)18-11-7-6-10(19-20-11)17-9-5-3-2-4-8(9)13(14,15)16/h2-7H,1H3,(H,17,19)(H,18,20,21). The zero-order valence-electron chi connectivity index (χ0n) is 11.3. The van der Waals surface area contributed by atoms with Crippen molar-refractivity contribution in [2.24, 2.45) is 0 Å². The maximum absolute atomic E-state index is 12.9. The van der Waals surface area contributed by atoms with Crippen LogP contribution in [-0.2, 0) is 10.9 Å². The first-order chi connectivity index (χ1) is 10.4. The molecule has 0 radical (unpaired) electrons. The third kappa shape index (κ3) is 3.84. The molecular weight excluding hydrogens is 301 g/mol. The first kappa shape index (κ1) is 15.5. The van der Waals surface area contributed by atoms with E-state index < -0.39 is 17.8 Å². The van der Waals surface area contributed by atoms with E-state index in [0.717, 1.165) is 6.07 Å². The van der Waals surface area contributed by atoms with E-state index in [1.807, 2.05) is 0 Å². The third-order valence-corrected chi connectivity index (χ3v) is 2.58. The minimum Gasteiger partial charge on any atom is -0.453 e. The fourth-order valence-electron chi connectivity index (χ4n) is 1.60. The molecule has 0 saturated heterocycles. The summed E-state index contributed by atoms with van der Waals surface area (Å²) in [7, 11) is 1.19. The second kappa shape index (κ2) is 6.29. The van der Waals surface area contributed by atoms with Crippen molar-refractivity contribution in [1.29, 1.82) is 0 Å². The van der Waals surface area contributed by atoms with Crippen LogP contribution in [0.25, 0.3) is 0 Å². The van der Waals surface area contributed by atoms with Gasteiger partial charge in [0.2, 0.25) is 0 Å². The van der Waals surface area contributed by atoms with Crippen molar-refractivity contribution in [3.05, 3.63) is 42.0 Å². The summed E-state index contributed by atoms with van der Waals surface area (Å²) >= 11 is 0. The zero-order chi connectivity index (χ0) is 16.2. The molecule has 116 valence electrons. The van der Waals surface area contributed by atoms with Crippen LogP contribution < -0.4 is 10.6 Å². The number of hydrogen-bond acceptors (Lipinski definition) is 5. The van der Waals surface area contributed by atoms with Crippen LogP contribution in [0, 0.1) is 0 Å². The van der Waals surface area contributed by atoms with Gasteiger partial charge in [-0.1, -0.05) is 12.1 Å². The van der Waals surface area contributed by atoms with Gasteiger partial charge in [-0.05, 0) is 24.3 Å². The van der Waals surface area contributed by atoms with Crippen molar-refractivity contribution in [2.75, 3.05) is 17.7 Å². The molecule has 0 fully saturated rings. The fourth-order valence-corrected chi connectivity index (χ4v) is 1.60. The van der Waals surface area contributed by atoms with Gasteiger partial charge in [-0.15, -0.1) is 10.2 Å². The van der Waals surface area contributed by atoms with E-state index in [2.05, 4.69) is 25.6 Å². The summed E-state index contributed by atoms with van der Waals surface area (Å²) in [5.74, 6) is 0.216. The van der Waals surface area contributed by atoms with Crippen molar-refractivity contribution >= 4 is 23.4 Å². The number of anilines is 3. The molecule has 0 aliphatic rings. The lowest BCUT2D eigenvalue weighted by atomic mass is 10.1. The number of nitrogens with one attached hydrogen (secondary N) is 2. The number of nitrogens with zero attached hydrogens (tertiary/aromatic N) is 2. The van der Waals surface area contributed by atoms with Crippen molar-refractivity contribution in [1.82, 2.24) is 10.2 Å². The van der Waals surface area contributed by atoms with E-state index in [0.29, 0.717) is 0 Å². The smallest absolute Gasteiger partial charge is 0.418 e. The molecule has 9 heteroatoms. The average molecular weight is 312 g/mol. The van der Waals surface area contributed by atoms with Crippen molar-refractivity contribution in [3.8, 4) is 0 Å². The number of halogens is 3. The van der Waals surface area contributed by atoms with Gasteiger partial charge in [0.15, 0.2) is 11.6 Å². The highest BCUT2D eigenvalue weighted by molar-refractivity contribution is 5.83. The Morgan fingerprint density at radius 2 is 1.73 bits per heavy atom. The summed E-state index contributed by atoms with van der Waals surface area (Å²) in [6, 6.07) is 7.77. The number of alkyl halides is 3. The molecule has 0 atom stereocenters. The van der Waals surface area contributed by atoms with Gasteiger partial charge >= 0.3 is 12.3 Å². The van der Waals surface area contributed by atoms with Gasteiger partial charge in [-0.25, -0.2) is 4.79 Å². The highest BCUT2D eigenvalue weighted by atomic mass is 19.4. The topological polar surface area (TPSA) is 76.1 Å². The zero-order valence-corrected chi connectivity index (χ0v) is 11.3. The van der Waals surface area contributed by atoms with E-state index in [4.69, 9.17) is 0 Å². The Bertz CT molecular complexity index is 659. The lowest BCUT2D eigenvalue weighted by molar-refractivity contribution is -0.136. The van der Waals surface area contributed by atoms with Gasteiger partial charge in [0.05, 0.1) is 18.4 Å². The normalized spacial score (nSPS) is 10.9. The van der Waals surface area contributed by atoms with Gasteiger partial charge in [0, 0.05) is 0 Å². The predicted molar refractivity (Wildman–Crippen MR) is 72.8 cm³/mol. The van der Waals surface area contributed by atoms with E-state index in [-0.39, 0.29) is 17.3 Å². The van der Waals surface area contributed by atoms with Crippen LogP contribution >= 0.6 is 0 Å². The second-order valence-electron chi connectivity index (χ2n) is 4.09. The first-order valence-corrected chi connectivity index (χ1v) is 6.02. The van der Waals surface area contributed by atoms with Crippen LogP contribution in [0.3, 0.4) is 0 Å². The van der Waals surface area contributed by atoms with Crippen LogP contribution in [0.15, 0.2) is 36.4 Å². The maximum Gasteiger partial charge on any atom is 0.418 e. The lowest BCUT2D eigenvalue weighted by Crippen LogP contribution is -2.13. The van der Waals surface area contributed by atoms with Crippen LogP contribution in [0.1, 0.15) is 5.56 Å². The number of carbonyl (C=O) groups is 1. The molecule has 0 saturated carbocycles.